The minimum absolute atomic E-state index is 0.000316. The molecular formula is C28H32N8O4. The van der Waals surface area contributed by atoms with Crippen LogP contribution in [0, 0.1) is 0 Å². The van der Waals surface area contributed by atoms with Gasteiger partial charge in [0.25, 0.3) is 0 Å². The van der Waals surface area contributed by atoms with Crippen LogP contribution in [0.5, 0.6) is 0 Å². The molecule has 12 heteroatoms. The van der Waals surface area contributed by atoms with Gasteiger partial charge >= 0.3 is 0 Å². The predicted octanol–water partition coefficient (Wildman–Crippen LogP) is 2.87. The van der Waals surface area contributed by atoms with E-state index in [2.05, 4.69) is 20.1 Å². The van der Waals surface area contributed by atoms with E-state index in [-0.39, 0.29) is 42.1 Å². The third-order valence-corrected chi connectivity index (χ3v) is 7.94. The Balaban J connectivity index is 1.31. The summed E-state index contributed by atoms with van der Waals surface area (Å²) >= 11 is 0. The highest BCUT2D eigenvalue weighted by Gasteiger charge is 2.44. The molecule has 0 radical (unpaired) electrons. The Labute approximate surface area is 230 Å². The van der Waals surface area contributed by atoms with Crippen molar-refractivity contribution in [2.75, 3.05) is 32.7 Å². The van der Waals surface area contributed by atoms with Crippen LogP contribution in [0.4, 0.5) is 5.82 Å². The van der Waals surface area contributed by atoms with Crippen LogP contribution in [0.15, 0.2) is 36.9 Å². The second-order valence-electron chi connectivity index (χ2n) is 10.4. The lowest BCUT2D eigenvalue weighted by Crippen LogP contribution is -2.47. The molecule has 0 unspecified atom stereocenters. The minimum atomic E-state index is -0.152. The molecule has 4 aromatic rings. The summed E-state index contributed by atoms with van der Waals surface area (Å²) in [6.07, 6.45) is 10.2. The lowest BCUT2D eigenvalue weighted by Gasteiger charge is -2.39. The number of nitrogens with zero attached hydrogens (tertiary/aromatic N) is 6. The molecule has 2 saturated heterocycles. The van der Waals surface area contributed by atoms with Crippen molar-refractivity contribution in [3.05, 3.63) is 48.2 Å². The summed E-state index contributed by atoms with van der Waals surface area (Å²) in [5, 5.41) is 4.47. The molecule has 2 fully saturated rings. The number of H-pyrrole nitrogens is 1. The number of fused-ring (bicyclic) bond motifs is 3. The number of piperidine rings is 1. The van der Waals surface area contributed by atoms with Gasteiger partial charge in [0.2, 0.25) is 5.91 Å². The molecule has 1 amide bonds. The Bertz CT molecular complexity index is 1520. The first kappa shape index (κ1) is 26.1. The number of methoxy groups -OCH3 is 1. The Kier molecular flexibility index (Phi) is 7.03. The molecule has 2 bridgehead atoms. The van der Waals surface area contributed by atoms with Crippen LogP contribution in [0.3, 0.4) is 0 Å². The number of amides is 1. The van der Waals surface area contributed by atoms with E-state index < -0.39 is 0 Å². The fourth-order valence-electron chi connectivity index (χ4n) is 6.18. The highest BCUT2D eigenvalue weighted by molar-refractivity contribution is 6.00. The highest BCUT2D eigenvalue weighted by Crippen LogP contribution is 2.44. The van der Waals surface area contributed by atoms with Gasteiger partial charge in [0, 0.05) is 54.8 Å². The van der Waals surface area contributed by atoms with Crippen molar-refractivity contribution in [1.82, 2.24) is 34.4 Å². The Morgan fingerprint density at radius 3 is 2.58 bits per heavy atom. The number of carbonyl (C=O) groups is 2. The molecule has 6 rings (SSSR count). The number of nitrogens with one attached hydrogen (secondary N) is 1. The van der Waals surface area contributed by atoms with Gasteiger partial charge in [0.1, 0.15) is 18.1 Å². The van der Waals surface area contributed by atoms with Gasteiger partial charge in [-0.2, -0.15) is 9.61 Å². The molecule has 0 aliphatic carbocycles. The van der Waals surface area contributed by atoms with Gasteiger partial charge < -0.3 is 25.1 Å². The number of nitrogens with two attached hydrogens (primary N) is 1. The summed E-state index contributed by atoms with van der Waals surface area (Å²) < 4.78 is 12.0. The Hall–Kier alpha value is -4.16. The van der Waals surface area contributed by atoms with Crippen LogP contribution in [0.2, 0.25) is 0 Å². The maximum Gasteiger partial charge on any atom is 0.249 e. The van der Waals surface area contributed by atoms with Gasteiger partial charge in [0.15, 0.2) is 17.3 Å². The van der Waals surface area contributed by atoms with E-state index in [1.54, 1.807) is 31.9 Å². The van der Waals surface area contributed by atoms with Crippen molar-refractivity contribution in [3.63, 3.8) is 0 Å². The second kappa shape index (κ2) is 10.8. The zero-order valence-electron chi connectivity index (χ0n) is 22.5. The van der Waals surface area contributed by atoms with E-state index in [1.165, 1.54) is 11.4 Å². The number of hydrogen-bond acceptors (Lipinski definition) is 9. The monoisotopic (exact) mass is 544 g/mol. The first-order valence-electron chi connectivity index (χ1n) is 13.5. The predicted molar refractivity (Wildman–Crippen MR) is 147 cm³/mol. The summed E-state index contributed by atoms with van der Waals surface area (Å²) in [4.78, 5) is 44.7. The van der Waals surface area contributed by atoms with Crippen molar-refractivity contribution in [1.29, 1.82) is 0 Å². The van der Waals surface area contributed by atoms with Crippen LogP contribution >= 0.6 is 0 Å². The lowest BCUT2D eigenvalue weighted by molar-refractivity contribution is -0.141. The molecule has 208 valence electrons. The first-order chi connectivity index (χ1) is 19.5. The van der Waals surface area contributed by atoms with Gasteiger partial charge in [-0.15, -0.1) is 0 Å². The summed E-state index contributed by atoms with van der Waals surface area (Å²) in [6.45, 7) is 2.39. The Morgan fingerprint density at radius 1 is 1.12 bits per heavy atom. The number of rotatable bonds is 9. The summed E-state index contributed by atoms with van der Waals surface area (Å²) in [6, 6.07) is 3.97. The summed E-state index contributed by atoms with van der Waals surface area (Å²) in [5.41, 5.74) is 10.5. The van der Waals surface area contributed by atoms with E-state index in [4.69, 9.17) is 20.2 Å². The second-order valence-corrected chi connectivity index (χ2v) is 10.4. The number of aromatic amines is 1. The standard InChI is InChI=1S/C28H32N8O4/c1-16(37)24-25(18-11-19-4-5-20(12-18)35(19)23(38)15-40-10-9-39-2)34-28-21(14-33-36(28)26(24)29)17-3-6-22(32-13-17)27-30-7-8-31-27/h3,6-8,13-14,18-20H,4-5,9-12,15,29H2,1-2H3,(H,30,31)/t18-,19-,20+. The molecule has 0 spiro atoms. The number of ketones is 1. The molecule has 0 aromatic carbocycles. The fraction of sp³-hybridized carbons (Fsp3) is 0.429. The molecular weight excluding hydrogens is 512 g/mol. The Morgan fingerprint density at radius 2 is 1.93 bits per heavy atom. The molecule has 0 saturated carbocycles. The van der Waals surface area contributed by atoms with Gasteiger partial charge in [-0.3, -0.25) is 14.6 Å². The number of pyridine rings is 1. The fourth-order valence-corrected chi connectivity index (χ4v) is 6.18. The SMILES string of the molecule is COCCOCC(=O)N1[C@@H]2CC[C@H]1C[C@H](c1nc3c(-c4ccc(-c5ncc[nH]5)nc4)cnn3c(N)c1C(C)=O)C2. The molecule has 3 N–H and O–H groups in total. The third kappa shape index (κ3) is 4.62. The average Bonchev–Trinajstić information content (AvgIpc) is 3.69. The molecule has 6 heterocycles. The quantitative estimate of drug-likeness (QED) is 0.239. The van der Waals surface area contributed by atoms with Crippen molar-refractivity contribution in [2.24, 2.45) is 0 Å². The van der Waals surface area contributed by atoms with Gasteiger partial charge in [-0.25, -0.2) is 9.97 Å². The van der Waals surface area contributed by atoms with Crippen molar-refractivity contribution in [3.8, 4) is 22.6 Å². The molecule has 2 aliphatic rings. The smallest absolute Gasteiger partial charge is 0.249 e. The van der Waals surface area contributed by atoms with Gasteiger partial charge in [0.05, 0.1) is 30.7 Å². The maximum absolute atomic E-state index is 13.0. The number of ether oxygens (including phenoxy) is 2. The van der Waals surface area contributed by atoms with E-state index in [0.29, 0.717) is 48.8 Å². The number of hydrogen-bond donors (Lipinski definition) is 2. The normalized spacial score (nSPS) is 20.4. The van der Waals surface area contributed by atoms with Crippen molar-refractivity contribution < 1.29 is 19.1 Å². The maximum atomic E-state index is 13.0. The van der Waals surface area contributed by atoms with Crippen LogP contribution in [-0.4, -0.2) is 85.2 Å². The van der Waals surface area contributed by atoms with E-state index in [1.807, 2.05) is 17.0 Å². The van der Waals surface area contributed by atoms with Crippen LogP contribution in [0.1, 0.15) is 54.6 Å². The van der Waals surface area contributed by atoms with Crippen LogP contribution < -0.4 is 5.73 Å². The van der Waals surface area contributed by atoms with Crippen LogP contribution in [0.25, 0.3) is 28.3 Å². The molecule has 3 atom stereocenters. The zero-order valence-corrected chi connectivity index (χ0v) is 22.5. The molecule has 12 nitrogen and oxygen atoms in total. The highest BCUT2D eigenvalue weighted by atomic mass is 16.5. The third-order valence-electron chi connectivity index (χ3n) is 7.94. The number of imidazole rings is 1. The molecule has 4 aromatic heterocycles. The van der Waals surface area contributed by atoms with Gasteiger partial charge in [-0.1, -0.05) is 6.07 Å². The zero-order chi connectivity index (χ0) is 27.8. The van der Waals surface area contributed by atoms with E-state index >= 15 is 0 Å². The number of nitrogen functional groups attached to an aromatic ring is 1. The number of anilines is 1. The number of aromatic nitrogens is 6. The van der Waals surface area contributed by atoms with Crippen LogP contribution in [-0.2, 0) is 14.3 Å². The topological polar surface area (TPSA) is 154 Å². The average molecular weight is 545 g/mol. The summed E-state index contributed by atoms with van der Waals surface area (Å²) in [5.74, 6) is 0.796. The van der Waals surface area contributed by atoms with E-state index in [9.17, 15) is 9.59 Å². The number of carbonyl (C=O) groups excluding carboxylic acids is 2. The van der Waals surface area contributed by atoms with Crippen molar-refractivity contribution >= 4 is 23.2 Å². The van der Waals surface area contributed by atoms with Gasteiger partial charge in [-0.05, 0) is 38.7 Å². The molecule has 40 heavy (non-hydrogen) atoms. The van der Waals surface area contributed by atoms with E-state index in [0.717, 1.165) is 29.7 Å². The number of Topliss-reactive ketones (excluding diaryl/α,β-unsaturated/α-hetero) is 1. The first-order valence-corrected chi connectivity index (χ1v) is 13.5. The van der Waals surface area contributed by atoms with Crippen molar-refractivity contribution in [2.45, 2.75) is 50.6 Å². The lowest BCUT2D eigenvalue weighted by atomic mass is 9.85. The molecule has 2 aliphatic heterocycles. The minimum Gasteiger partial charge on any atom is -0.383 e. The largest absolute Gasteiger partial charge is 0.383 e. The summed E-state index contributed by atoms with van der Waals surface area (Å²) in [7, 11) is 1.60.